The van der Waals surface area contributed by atoms with Crippen LogP contribution in [-0.2, 0) is 16.1 Å². The van der Waals surface area contributed by atoms with Gasteiger partial charge in [-0.2, -0.15) is 0 Å². The predicted molar refractivity (Wildman–Crippen MR) is 121 cm³/mol. The SMILES string of the molecule is CC[C@@H](C)NC(=O)[C@@H](C)N(Cc1ccccc1Cl)C(=O)CCSc1ccccc1. The number of halogens is 1. The van der Waals surface area contributed by atoms with Gasteiger partial charge in [-0.25, -0.2) is 0 Å². The predicted octanol–water partition coefficient (Wildman–Crippen LogP) is 5.15. The third-order valence-electron chi connectivity index (χ3n) is 4.79. The van der Waals surface area contributed by atoms with Crippen molar-refractivity contribution in [2.45, 2.75) is 57.1 Å². The fourth-order valence-corrected chi connectivity index (χ4v) is 3.83. The fourth-order valence-electron chi connectivity index (χ4n) is 2.77. The molecule has 2 aromatic rings. The number of nitrogens with zero attached hydrogens (tertiary/aromatic N) is 1. The Bertz CT molecular complexity index is 800. The van der Waals surface area contributed by atoms with Crippen LogP contribution in [-0.4, -0.2) is 34.6 Å². The second-order valence-corrected chi connectivity index (χ2v) is 8.59. The second-order valence-electron chi connectivity index (χ2n) is 7.02. The molecule has 0 aliphatic carbocycles. The maximum atomic E-state index is 13.0. The Morgan fingerprint density at radius 3 is 2.38 bits per heavy atom. The molecule has 2 rings (SSSR count). The summed E-state index contributed by atoms with van der Waals surface area (Å²) in [6, 6.07) is 16.9. The van der Waals surface area contributed by atoms with Gasteiger partial charge >= 0.3 is 0 Å². The summed E-state index contributed by atoms with van der Waals surface area (Å²) < 4.78 is 0. The van der Waals surface area contributed by atoms with Crippen LogP contribution in [0.2, 0.25) is 5.02 Å². The average molecular weight is 433 g/mol. The lowest BCUT2D eigenvalue weighted by atomic mass is 10.1. The van der Waals surface area contributed by atoms with Crippen molar-refractivity contribution in [2.24, 2.45) is 0 Å². The van der Waals surface area contributed by atoms with Crippen LogP contribution in [0.3, 0.4) is 0 Å². The minimum absolute atomic E-state index is 0.0554. The first-order valence-electron chi connectivity index (χ1n) is 9.93. The molecule has 2 atom stereocenters. The number of nitrogens with one attached hydrogen (secondary N) is 1. The second kappa shape index (κ2) is 11.9. The summed E-state index contributed by atoms with van der Waals surface area (Å²) in [4.78, 5) is 28.5. The third kappa shape index (κ3) is 7.41. The number of hydrogen-bond donors (Lipinski definition) is 1. The van der Waals surface area contributed by atoms with Crippen LogP contribution in [0, 0.1) is 0 Å². The lowest BCUT2D eigenvalue weighted by Gasteiger charge is -2.30. The lowest BCUT2D eigenvalue weighted by molar-refractivity contribution is -0.140. The third-order valence-corrected chi connectivity index (χ3v) is 6.18. The first-order chi connectivity index (χ1) is 13.9. The van der Waals surface area contributed by atoms with Crippen LogP contribution in [0.15, 0.2) is 59.5 Å². The highest BCUT2D eigenvalue weighted by Crippen LogP contribution is 2.21. The summed E-state index contributed by atoms with van der Waals surface area (Å²) in [6.07, 6.45) is 1.19. The zero-order valence-electron chi connectivity index (χ0n) is 17.2. The van der Waals surface area contributed by atoms with E-state index in [4.69, 9.17) is 11.6 Å². The normalized spacial score (nSPS) is 12.8. The molecule has 0 saturated carbocycles. The van der Waals surface area contributed by atoms with Crippen molar-refractivity contribution in [3.8, 4) is 0 Å². The van der Waals surface area contributed by atoms with Gasteiger partial charge < -0.3 is 10.2 Å². The minimum atomic E-state index is -0.575. The van der Waals surface area contributed by atoms with Crippen LogP contribution in [0.5, 0.6) is 0 Å². The largest absolute Gasteiger partial charge is 0.352 e. The Balaban J connectivity index is 2.08. The average Bonchev–Trinajstić information content (AvgIpc) is 2.73. The molecule has 0 radical (unpaired) electrons. The van der Waals surface area contributed by atoms with Gasteiger partial charge in [-0.3, -0.25) is 9.59 Å². The molecule has 0 bridgehead atoms. The van der Waals surface area contributed by atoms with E-state index in [1.807, 2.05) is 62.4 Å². The van der Waals surface area contributed by atoms with E-state index in [2.05, 4.69) is 5.32 Å². The summed E-state index contributed by atoms with van der Waals surface area (Å²) >= 11 is 7.94. The number of carbonyl (C=O) groups excluding carboxylic acids is 2. The molecule has 2 aromatic carbocycles. The molecule has 0 aromatic heterocycles. The van der Waals surface area contributed by atoms with Crippen LogP contribution in [0.1, 0.15) is 39.2 Å². The van der Waals surface area contributed by atoms with Crippen LogP contribution in [0.25, 0.3) is 0 Å². The minimum Gasteiger partial charge on any atom is -0.352 e. The highest BCUT2D eigenvalue weighted by molar-refractivity contribution is 7.99. The number of rotatable bonds is 10. The Morgan fingerprint density at radius 1 is 1.07 bits per heavy atom. The maximum Gasteiger partial charge on any atom is 0.242 e. The lowest BCUT2D eigenvalue weighted by Crippen LogP contribution is -2.49. The van der Waals surface area contributed by atoms with Crippen molar-refractivity contribution in [1.29, 1.82) is 0 Å². The van der Waals surface area contributed by atoms with Gasteiger partial charge in [0.1, 0.15) is 6.04 Å². The zero-order chi connectivity index (χ0) is 21.2. The van der Waals surface area contributed by atoms with E-state index in [1.54, 1.807) is 29.7 Å². The van der Waals surface area contributed by atoms with Gasteiger partial charge in [0.25, 0.3) is 0 Å². The van der Waals surface area contributed by atoms with Crippen LogP contribution < -0.4 is 5.32 Å². The molecule has 29 heavy (non-hydrogen) atoms. The van der Waals surface area contributed by atoms with Gasteiger partial charge in [-0.1, -0.05) is 54.9 Å². The van der Waals surface area contributed by atoms with Gasteiger partial charge in [0.15, 0.2) is 0 Å². The Morgan fingerprint density at radius 2 is 1.72 bits per heavy atom. The molecule has 6 heteroatoms. The summed E-state index contributed by atoms with van der Waals surface area (Å²) in [7, 11) is 0. The van der Waals surface area contributed by atoms with E-state index in [0.717, 1.165) is 16.9 Å². The molecule has 2 amide bonds. The maximum absolute atomic E-state index is 13.0. The highest BCUT2D eigenvalue weighted by atomic mass is 35.5. The molecule has 1 N–H and O–H groups in total. The first kappa shape index (κ1) is 23.3. The molecule has 0 aliphatic heterocycles. The van der Waals surface area contributed by atoms with Gasteiger partial charge in [-0.15, -0.1) is 11.8 Å². The molecule has 0 unspecified atom stereocenters. The number of benzene rings is 2. The van der Waals surface area contributed by atoms with Crippen molar-refractivity contribution < 1.29 is 9.59 Å². The molecule has 156 valence electrons. The van der Waals surface area contributed by atoms with E-state index in [-0.39, 0.29) is 17.9 Å². The van der Waals surface area contributed by atoms with Crippen molar-refractivity contribution in [1.82, 2.24) is 10.2 Å². The van der Waals surface area contributed by atoms with E-state index in [1.165, 1.54) is 0 Å². The molecule has 4 nitrogen and oxygen atoms in total. The summed E-state index contributed by atoms with van der Waals surface area (Å²) in [6.45, 7) is 6.06. The van der Waals surface area contributed by atoms with Gasteiger partial charge in [0.2, 0.25) is 11.8 Å². The van der Waals surface area contributed by atoms with Gasteiger partial charge in [0, 0.05) is 34.7 Å². The standard InChI is InChI=1S/C23H29ClN2O2S/c1-4-17(2)25-23(28)18(3)26(16-19-10-8-9-13-21(19)24)22(27)14-15-29-20-11-6-5-7-12-20/h5-13,17-18H,4,14-16H2,1-3H3,(H,25,28)/t17-,18-/m1/s1. The van der Waals surface area contributed by atoms with Gasteiger partial charge in [0.05, 0.1) is 0 Å². The molecule has 0 spiro atoms. The Labute approximate surface area is 183 Å². The molecular weight excluding hydrogens is 404 g/mol. The highest BCUT2D eigenvalue weighted by Gasteiger charge is 2.27. The van der Waals surface area contributed by atoms with E-state index in [0.29, 0.717) is 23.7 Å². The van der Waals surface area contributed by atoms with E-state index >= 15 is 0 Å². The molecule has 0 aliphatic rings. The topological polar surface area (TPSA) is 49.4 Å². The smallest absolute Gasteiger partial charge is 0.242 e. The quantitative estimate of drug-likeness (QED) is 0.528. The number of hydrogen-bond acceptors (Lipinski definition) is 3. The van der Waals surface area contributed by atoms with Crippen molar-refractivity contribution >= 4 is 35.2 Å². The van der Waals surface area contributed by atoms with Crippen LogP contribution >= 0.6 is 23.4 Å². The zero-order valence-corrected chi connectivity index (χ0v) is 18.8. The Kier molecular flexibility index (Phi) is 9.55. The number of amides is 2. The summed E-state index contributed by atoms with van der Waals surface area (Å²) in [5.41, 5.74) is 0.835. The van der Waals surface area contributed by atoms with Crippen LogP contribution in [0.4, 0.5) is 0 Å². The fraction of sp³-hybridized carbons (Fsp3) is 0.391. The van der Waals surface area contributed by atoms with Crippen molar-refractivity contribution in [3.05, 3.63) is 65.2 Å². The molecule has 0 fully saturated rings. The monoisotopic (exact) mass is 432 g/mol. The Hall–Kier alpha value is -1.98. The summed E-state index contributed by atoms with van der Waals surface area (Å²) in [5.74, 6) is 0.456. The van der Waals surface area contributed by atoms with Gasteiger partial charge in [-0.05, 0) is 44.0 Å². The van der Waals surface area contributed by atoms with Crippen molar-refractivity contribution in [2.75, 3.05) is 5.75 Å². The van der Waals surface area contributed by atoms with E-state index in [9.17, 15) is 9.59 Å². The van der Waals surface area contributed by atoms with Crippen molar-refractivity contribution in [3.63, 3.8) is 0 Å². The molecule has 0 heterocycles. The molecular formula is C23H29ClN2O2S. The number of thioether (sulfide) groups is 1. The first-order valence-corrected chi connectivity index (χ1v) is 11.3. The summed E-state index contributed by atoms with van der Waals surface area (Å²) in [5, 5.41) is 3.57. The molecule has 0 saturated heterocycles. The van der Waals surface area contributed by atoms with E-state index < -0.39 is 6.04 Å². The number of carbonyl (C=O) groups is 2.